The van der Waals surface area contributed by atoms with Gasteiger partial charge in [-0.15, -0.1) is 11.6 Å². The maximum Gasteiger partial charge on any atom is 0.164 e. The van der Waals surface area contributed by atoms with E-state index in [2.05, 4.69) is 9.97 Å². The second kappa shape index (κ2) is 5.00. The van der Waals surface area contributed by atoms with Crippen LogP contribution in [0, 0.1) is 0 Å². The van der Waals surface area contributed by atoms with E-state index in [0.29, 0.717) is 15.9 Å². The zero-order chi connectivity index (χ0) is 13.4. The van der Waals surface area contributed by atoms with Crippen LogP contribution in [0.25, 0.3) is 16.9 Å². The molecule has 3 aromatic rings. The Morgan fingerprint density at radius 1 is 1.05 bits per heavy atom. The van der Waals surface area contributed by atoms with Crippen LogP contribution in [0.1, 0.15) is 5.82 Å². The lowest BCUT2D eigenvalue weighted by atomic mass is 10.3. The molecule has 2 aromatic heterocycles. The first kappa shape index (κ1) is 12.7. The van der Waals surface area contributed by atoms with Gasteiger partial charge in [-0.3, -0.25) is 4.57 Å². The van der Waals surface area contributed by atoms with E-state index in [-0.39, 0.29) is 5.88 Å². The van der Waals surface area contributed by atoms with Crippen LogP contribution >= 0.6 is 34.8 Å². The summed E-state index contributed by atoms with van der Waals surface area (Å²) >= 11 is 17.8. The summed E-state index contributed by atoms with van der Waals surface area (Å²) in [5.74, 6) is 1.00. The Morgan fingerprint density at radius 3 is 2.47 bits per heavy atom. The Hall–Kier alpha value is -1.29. The van der Waals surface area contributed by atoms with Gasteiger partial charge in [0.05, 0.1) is 10.9 Å². The predicted molar refractivity (Wildman–Crippen MR) is 78.4 cm³/mol. The molecule has 0 aliphatic carbocycles. The maximum atomic E-state index is 5.95. The fourth-order valence-corrected chi connectivity index (χ4v) is 2.40. The minimum absolute atomic E-state index is 0.288. The molecule has 1 aromatic carbocycles. The lowest BCUT2D eigenvalue weighted by molar-refractivity contribution is 0.970. The number of aromatic nitrogens is 3. The number of alkyl halides is 1. The highest BCUT2D eigenvalue weighted by Gasteiger charge is 2.13. The molecule has 0 aliphatic rings. The van der Waals surface area contributed by atoms with Crippen molar-refractivity contribution < 1.29 is 0 Å². The van der Waals surface area contributed by atoms with Crippen molar-refractivity contribution in [1.82, 2.24) is 14.5 Å². The number of rotatable bonds is 2. The smallest absolute Gasteiger partial charge is 0.164 e. The molecule has 0 amide bonds. The molecule has 3 nitrogen and oxygen atoms in total. The van der Waals surface area contributed by atoms with Crippen LogP contribution in [0.4, 0.5) is 0 Å². The molecule has 0 atom stereocenters. The fourth-order valence-electron chi connectivity index (χ4n) is 1.94. The van der Waals surface area contributed by atoms with Crippen LogP contribution in [0.2, 0.25) is 10.0 Å². The Labute approximate surface area is 124 Å². The van der Waals surface area contributed by atoms with Crippen molar-refractivity contribution in [2.24, 2.45) is 0 Å². The first-order chi connectivity index (χ1) is 9.19. The van der Waals surface area contributed by atoms with Gasteiger partial charge in [0.15, 0.2) is 5.65 Å². The summed E-state index contributed by atoms with van der Waals surface area (Å²) in [6, 6.07) is 9.20. The Morgan fingerprint density at radius 2 is 1.79 bits per heavy atom. The number of hydrogen-bond donors (Lipinski definition) is 0. The van der Waals surface area contributed by atoms with Gasteiger partial charge in [-0.25, -0.2) is 9.97 Å². The molecular formula is C13H8Cl3N3. The largest absolute Gasteiger partial charge is 0.280 e. The molecular weight excluding hydrogens is 305 g/mol. The molecule has 0 saturated carbocycles. The topological polar surface area (TPSA) is 30.7 Å². The summed E-state index contributed by atoms with van der Waals surface area (Å²) in [5, 5.41) is 1.23. The van der Waals surface area contributed by atoms with Gasteiger partial charge in [-0.2, -0.15) is 0 Å². The van der Waals surface area contributed by atoms with Crippen LogP contribution in [0.5, 0.6) is 0 Å². The molecule has 96 valence electrons. The normalized spacial score (nSPS) is 11.1. The van der Waals surface area contributed by atoms with Gasteiger partial charge in [0.1, 0.15) is 11.3 Å². The number of benzene rings is 1. The molecule has 0 fully saturated rings. The quantitative estimate of drug-likeness (QED) is 0.654. The van der Waals surface area contributed by atoms with Gasteiger partial charge in [0, 0.05) is 16.9 Å². The van der Waals surface area contributed by atoms with E-state index < -0.39 is 0 Å². The van der Waals surface area contributed by atoms with E-state index in [9.17, 15) is 0 Å². The highest BCUT2D eigenvalue weighted by Crippen LogP contribution is 2.24. The van der Waals surface area contributed by atoms with Crippen molar-refractivity contribution >= 4 is 46.0 Å². The number of pyridine rings is 1. The number of halogens is 3. The lowest BCUT2D eigenvalue weighted by Crippen LogP contribution is -1.99. The zero-order valence-corrected chi connectivity index (χ0v) is 11.9. The van der Waals surface area contributed by atoms with Crippen LogP contribution in [0.3, 0.4) is 0 Å². The molecule has 2 heterocycles. The summed E-state index contributed by atoms with van der Waals surface area (Å²) in [5.41, 5.74) is 2.36. The van der Waals surface area contributed by atoms with Crippen molar-refractivity contribution in [2.75, 3.05) is 0 Å². The molecule has 0 N–H and O–H groups in total. The number of hydrogen-bond acceptors (Lipinski definition) is 2. The molecule has 0 unspecified atom stereocenters. The van der Waals surface area contributed by atoms with Gasteiger partial charge >= 0.3 is 0 Å². The lowest BCUT2D eigenvalue weighted by Gasteiger charge is -2.06. The number of nitrogens with zero attached hydrogens (tertiary/aromatic N) is 3. The minimum atomic E-state index is 0.288. The summed E-state index contributed by atoms with van der Waals surface area (Å²) in [4.78, 5) is 8.77. The average Bonchev–Trinajstić information content (AvgIpc) is 2.77. The maximum absolute atomic E-state index is 5.95. The SMILES string of the molecule is ClCc1nc2cc(Cl)cnc2n1-c1ccc(Cl)cc1. The van der Waals surface area contributed by atoms with Gasteiger partial charge in [0.25, 0.3) is 0 Å². The van der Waals surface area contributed by atoms with Gasteiger partial charge in [-0.05, 0) is 30.3 Å². The van der Waals surface area contributed by atoms with Crippen molar-refractivity contribution in [2.45, 2.75) is 5.88 Å². The van der Waals surface area contributed by atoms with E-state index >= 15 is 0 Å². The highest BCUT2D eigenvalue weighted by atomic mass is 35.5. The first-order valence-corrected chi connectivity index (χ1v) is 6.83. The molecule has 6 heteroatoms. The third kappa shape index (κ3) is 2.29. The summed E-state index contributed by atoms with van der Waals surface area (Å²) < 4.78 is 1.90. The van der Waals surface area contributed by atoms with Gasteiger partial charge in [0.2, 0.25) is 0 Å². The molecule has 0 saturated heterocycles. The zero-order valence-electron chi connectivity index (χ0n) is 9.65. The Balaban J connectivity index is 2.29. The summed E-state index contributed by atoms with van der Waals surface area (Å²) in [6.45, 7) is 0. The monoisotopic (exact) mass is 311 g/mol. The summed E-state index contributed by atoms with van der Waals surface area (Å²) in [7, 11) is 0. The first-order valence-electron chi connectivity index (χ1n) is 5.54. The molecule has 0 bridgehead atoms. The van der Waals surface area contributed by atoms with E-state index in [1.807, 2.05) is 28.8 Å². The standard InChI is InChI=1S/C13H8Cl3N3/c14-6-12-18-11-5-9(16)7-17-13(11)19(12)10-3-1-8(15)2-4-10/h1-5,7H,6H2. The van der Waals surface area contributed by atoms with Crippen LogP contribution in [0.15, 0.2) is 36.5 Å². The molecule has 19 heavy (non-hydrogen) atoms. The second-order valence-corrected chi connectivity index (χ2v) is 5.11. The van der Waals surface area contributed by atoms with Crippen LogP contribution in [-0.4, -0.2) is 14.5 Å². The fraction of sp³-hybridized carbons (Fsp3) is 0.0769. The highest BCUT2D eigenvalue weighted by molar-refractivity contribution is 6.31. The van der Waals surface area contributed by atoms with Crippen molar-refractivity contribution in [3.8, 4) is 5.69 Å². The van der Waals surface area contributed by atoms with Gasteiger partial charge < -0.3 is 0 Å². The van der Waals surface area contributed by atoms with Crippen molar-refractivity contribution in [3.05, 3.63) is 52.4 Å². The number of fused-ring (bicyclic) bond motifs is 1. The molecule has 0 radical (unpaired) electrons. The molecule has 3 rings (SSSR count). The van der Waals surface area contributed by atoms with Crippen molar-refractivity contribution in [1.29, 1.82) is 0 Å². The van der Waals surface area contributed by atoms with Crippen molar-refractivity contribution in [3.63, 3.8) is 0 Å². The Kier molecular flexibility index (Phi) is 3.35. The van der Waals surface area contributed by atoms with Crippen LogP contribution in [-0.2, 0) is 5.88 Å². The third-order valence-corrected chi connectivity index (χ3v) is 3.44. The Bertz CT molecular complexity index is 735. The van der Waals surface area contributed by atoms with Crippen LogP contribution < -0.4 is 0 Å². The van der Waals surface area contributed by atoms with Gasteiger partial charge in [-0.1, -0.05) is 23.2 Å². The van der Waals surface area contributed by atoms with E-state index in [4.69, 9.17) is 34.8 Å². The predicted octanol–water partition coefficient (Wildman–Crippen LogP) is 4.47. The van der Waals surface area contributed by atoms with E-state index in [0.717, 1.165) is 16.9 Å². The summed E-state index contributed by atoms with van der Waals surface area (Å²) in [6.07, 6.45) is 1.59. The van der Waals surface area contributed by atoms with E-state index in [1.165, 1.54) is 0 Å². The minimum Gasteiger partial charge on any atom is -0.280 e. The van der Waals surface area contributed by atoms with E-state index in [1.54, 1.807) is 12.3 Å². The molecule has 0 aliphatic heterocycles. The second-order valence-electron chi connectivity index (χ2n) is 3.97. The number of imidazole rings is 1. The third-order valence-electron chi connectivity index (χ3n) is 2.74. The molecule has 0 spiro atoms. The average molecular weight is 313 g/mol.